The monoisotopic (exact) mass is 183 g/mol. The van der Waals surface area contributed by atoms with Crippen molar-refractivity contribution in [3.8, 4) is 6.07 Å². The van der Waals surface area contributed by atoms with Crippen LogP contribution >= 0.6 is 0 Å². The fourth-order valence-electron chi connectivity index (χ4n) is 1.34. The normalized spacial score (nSPS) is 11.6. The molecule has 2 nitrogen and oxygen atoms in total. The first-order valence-corrected chi connectivity index (χ1v) is 4.36. The Morgan fingerprint density at radius 3 is 2.93 bits per heavy atom. The molecular weight excluding hydrogens is 174 g/mol. The van der Waals surface area contributed by atoms with Crippen molar-refractivity contribution in [2.75, 3.05) is 0 Å². The maximum absolute atomic E-state index is 8.50. The molecule has 1 aromatic heterocycles. The van der Waals surface area contributed by atoms with E-state index in [0.29, 0.717) is 0 Å². The number of hydrogen-bond acceptors (Lipinski definition) is 2. The quantitative estimate of drug-likeness (QED) is 0.635. The third kappa shape index (κ3) is 1.40. The largest absolute Gasteiger partial charge is 0.456 e. The molecule has 68 valence electrons. The van der Waals surface area contributed by atoms with Gasteiger partial charge in [0.15, 0.2) is 0 Å². The molecule has 2 heteroatoms. The molecule has 0 fully saturated rings. The van der Waals surface area contributed by atoms with Crippen LogP contribution < -0.4 is 0 Å². The van der Waals surface area contributed by atoms with Crippen LogP contribution in [0.4, 0.5) is 0 Å². The molecule has 0 aliphatic heterocycles. The molecular formula is C12H9NO. The Morgan fingerprint density at radius 2 is 2.21 bits per heavy atom. The van der Waals surface area contributed by atoms with Gasteiger partial charge in [-0.1, -0.05) is 18.2 Å². The summed E-state index contributed by atoms with van der Waals surface area (Å²) in [7, 11) is 0. The summed E-state index contributed by atoms with van der Waals surface area (Å²) in [6, 6.07) is 11.7. The lowest BCUT2D eigenvalue weighted by molar-refractivity contribution is 0.599. The molecule has 0 saturated carbocycles. The standard InChI is InChI=1S/C12H9NO/c1-9(6-7-13)12-8-10-4-2-3-5-11(10)14-12/h2-6,8H,1H3. The van der Waals surface area contributed by atoms with Gasteiger partial charge >= 0.3 is 0 Å². The van der Waals surface area contributed by atoms with E-state index in [4.69, 9.17) is 9.68 Å². The number of benzene rings is 1. The third-order valence-electron chi connectivity index (χ3n) is 2.10. The number of para-hydroxylation sites is 1. The van der Waals surface area contributed by atoms with Gasteiger partial charge in [-0.3, -0.25) is 0 Å². The number of nitrogens with zero attached hydrogens (tertiary/aromatic N) is 1. The van der Waals surface area contributed by atoms with Crippen LogP contribution in [0.2, 0.25) is 0 Å². The number of fused-ring (bicyclic) bond motifs is 1. The van der Waals surface area contributed by atoms with Crippen LogP contribution in [0.5, 0.6) is 0 Å². The van der Waals surface area contributed by atoms with Crippen LogP contribution in [0.15, 0.2) is 40.8 Å². The summed E-state index contributed by atoms with van der Waals surface area (Å²) < 4.78 is 5.56. The number of rotatable bonds is 1. The van der Waals surface area contributed by atoms with Gasteiger partial charge in [0.25, 0.3) is 0 Å². The lowest BCUT2D eigenvalue weighted by Gasteiger charge is -1.89. The molecule has 0 radical (unpaired) electrons. The Bertz CT molecular complexity index is 495. The summed E-state index contributed by atoms with van der Waals surface area (Å²) in [6.07, 6.45) is 1.48. The molecule has 14 heavy (non-hydrogen) atoms. The molecule has 0 aliphatic carbocycles. The Kier molecular flexibility index (Phi) is 2.08. The van der Waals surface area contributed by atoms with Gasteiger partial charge in [0.05, 0.1) is 6.07 Å². The summed E-state index contributed by atoms with van der Waals surface area (Å²) >= 11 is 0. The van der Waals surface area contributed by atoms with E-state index in [-0.39, 0.29) is 0 Å². The lowest BCUT2D eigenvalue weighted by atomic mass is 10.2. The predicted molar refractivity (Wildman–Crippen MR) is 55.5 cm³/mol. The molecule has 0 N–H and O–H groups in total. The zero-order chi connectivity index (χ0) is 9.97. The van der Waals surface area contributed by atoms with Crippen molar-refractivity contribution < 1.29 is 4.42 Å². The molecule has 0 spiro atoms. The average Bonchev–Trinajstić information content (AvgIpc) is 2.61. The fourth-order valence-corrected chi connectivity index (χ4v) is 1.34. The second kappa shape index (κ2) is 3.39. The van der Waals surface area contributed by atoms with E-state index in [2.05, 4.69) is 0 Å². The van der Waals surface area contributed by atoms with Crippen molar-refractivity contribution in [1.82, 2.24) is 0 Å². The molecule has 1 heterocycles. The van der Waals surface area contributed by atoms with Crippen molar-refractivity contribution in [2.24, 2.45) is 0 Å². The molecule has 0 bridgehead atoms. The van der Waals surface area contributed by atoms with Crippen molar-refractivity contribution in [3.05, 3.63) is 42.2 Å². The van der Waals surface area contributed by atoms with E-state index in [1.165, 1.54) is 6.08 Å². The van der Waals surface area contributed by atoms with Gasteiger partial charge in [-0.2, -0.15) is 5.26 Å². The number of furan rings is 1. The number of hydrogen-bond donors (Lipinski definition) is 0. The third-order valence-corrected chi connectivity index (χ3v) is 2.10. The van der Waals surface area contributed by atoms with E-state index in [9.17, 15) is 0 Å². The summed E-state index contributed by atoms with van der Waals surface area (Å²) in [5.41, 5.74) is 1.71. The summed E-state index contributed by atoms with van der Waals surface area (Å²) in [5.74, 6) is 0.757. The second-order valence-electron chi connectivity index (χ2n) is 3.10. The summed E-state index contributed by atoms with van der Waals surface area (Å²) in [5, 5.41) is 9.57. The van der Waals surface area contributed by atoms with E-state index >= 15 is 0 Å². The minimum absolute atomic E-state index is 0.757. The topological polar surface area (TPSA) is 36.9 Å². The second-order valence-corrected chi connectivity index (χ2v) is 3.10. The van der Waals surface area contributed by atoms with Crippen molar-refractivity contribution >= 4 is 16.5 Å². The maximum Gasteiger partial charge on any atom is 0.134 e. The smallest absolute Gasteiger partial charge is 0.134 e. The first kappa shape index (κ1) is 8.58. The highest BCUT2D eigenvalue weighted by molar-refractivity contribution is 5.81. The number of allylic oxidation sites excluding steroid dienone is 2. The minimum Gasteiger partial charge on any atom is -0.456 e. The molecule has 0 aliphatic rings. The van der Waals surface area contributed by atoms with E-state index in [0.717, 1.165) is 22.3 Å². The van der Waals surface area contributed by atoms with Crippen LogP contribution in [-0.4, -0.2) is 0 Å². The first-order chi connectivity index (χ1) is 6.81. The van der Waals surface area contributed by atoms with E-state index in [1.54, 1.807) is 0 Å². The predicted octanol–water partition coefficient (Wildman–Crippen LogP) is 3.36. The summed E-state index contributed by atoms with van der Waals surface area (Å²) in [6.45, 7) is 1.86. The molecule has 0 atom stereocenters. The van der Waals surface area contributed by atoms with Crippen molar-refractivity contribution in [3.63, 3.8) is 0 Å². The average molecular weight is 183 g/mol. The first-order valence-electron chi connectivity index (χ1n) is 4.36. The van der Waals surface area contributed by atoms with Gasteiger partial charge in [-0.05, 0) is 19.1 Å². The molecule has 0 amide bonds. The van der Waals surface area contributed by atoms with Crippen LogP contribution in [-0.2, 0) is 0 Å². The Labute approximate surface area is 82.1 Å². The van der Waals surface area contributed by atoms with E-state index < -0.39 is 0 Å². The van der Waals surface area contributed by atoms with Gasteiger partial charge < -0.3 is 4.42 Å². The van der Waals surface area contributed by atoms with Crippen LogP contribution in [0.25, 0.3) is 16.5 Å². The van der Waals surface area contributed by atoms with Crippen LogP contribution in [0.1, 0.15) is 12.7 Å². The van der Waals surface area contributed by atoms with Crippen LogP contribution in [0.3, 0.4) is 0 Å². The molecule has 2 rings (SSSR count). The van der Waals surface area contributed by atoms with E-state index in [1.807, 2.05) is 43.3 Å². The van der Waals surface area contributed by atoms with Crippen molar-refractivity contribution in [2.45, 2.75) is 6.92 Å². The Balaban J connectivity index is 2.57. The molecule has 1 aromatic carbocycles. The number of nitriles is 1. The summed E-state index contributed by atoms with van der Waals surface area (Å²) in [4.78, 5) is 0. The Hall–Kier alpha value is -2.01. The Morgan fingerprint density at radius 1 is 1.43 bits per heavy atom. The molecule has 0 saturated heterocycles. The van der Waals surface area contributed by atoms with Crippen molar-refractivity contribution in [1.29, 1.82) is 5.26 Å². The fraction of sp³-hybridized carbons (Fsp3) is 0.0833. The zero-order valence-electron chi connectivity index (χ0n) is 7.82. The minimum atomic E-state index is 0.757. The maximum atomic E-state index is 8.50. The highest BCUT2D eigenvalue weighted by Gasteiger charge is 2.03. The van der Waals surface area contributed by atoms with Gasteiger partial charge in [0.2, 0.25) is 0 Å². The molecule has 0 unspecified atom stereocenters. The van der Waals surface area contributed by atoms with Gasteiger partial charge in [0.1, 0.15) is 11.3 Å². The molecule has 2 aromatic rings. The van der Waals surface area contributed by atoms with Gasteiger partial charge in [0, 0.05) is 17.0 Å². The highest BCUT2D eigenvalue weighted by atomic mass is 16.3. The lowest BCUT2D eigenvalue weighted by Crippen LogP contribution is -1.70. The highest BCUT2D eigenvalue weighted by Crippen LogP contribution is 2.23. The van der Waals surface area contributed by atoms with Crippen LogP contribution in [0, 0.1) is 11.3 Å². The SMILES string of the molecule is CC(=CC#N)c1cc2ccccc2o1. The van der Waals surface area contributed by atoms with Gasteiger partial charge in [-0.25, -0.2) is 0 Å². The zero-order valence-corrected chi connectivity index (χ0v) is 7.82. The van der Waals surface area contributed by atoms with Gasteiger partial charge in [-0.15, -0.1) is 0 Å².